The van der Waals surface area contributed by atoms with E-state index < -0.39 is 0 Å². The van der Waals surface area contributed by atoms with Gasteiger partial charge in [0.2, 0.25) is 11.8 Å². The van der Waals surface area contributed by atoms with Gasteiger partial charge >= 0.3 is 0 Å². The van der Waals surface area contributed by atoms with Gasteiger partial charge in [-0.1, -0.05) is 13.8 Å². The molecule has 1 aliphatic carbocycles. The lowest BCUT2D eigenvalue weighted by Crippen LogP contribution is -2.34. The van der Waals surface area contributed by atoms with E-state index in [4.69, 9.17) is 9.47 Å². The number of nitrogens with one attached hydrogen (secondary N) is 1. The van der Waals surface area contributed by atoms with Gasteiger partial charge in [-0.2, -0.15) is 0 Å². The van der Waals surface area contributed by atoms with Crippen LogP contribution in [0.2, 0.25) is 0 Å². The molecule has 2 rings (SSSR count). The molecule has 138 valence electrons. The Hall–Kier alpha value is -2.24. The Kier molecular flexibility index (Phi) is 6.67. The van der Waals surface area contributed by atoms with Gasteiger partial charge in [-0.3, -0.25) is 9.59 Å². The standard InChI is InChI=1S/C19H28N2O4/c1-5-9-21(10-6-2)19(23)15-12-14(15)18(22)20-16-11-13(24-3)7-8-17(16)25-4/h7-8,11,14-15H,5-6,9-10,12H2,1-4H3,(H,20,22). The van der Waals surface area contributed by atoms with Crippen LogP contribution in [0.25, 0.3) is 0 Å². The summed E-state index contributed by atoms with van der Waals surface area (Å²) in [6.45, 7) is 5.62. The van der Waals surface area contributed by atoms with Crippen LogP contribution in [-0.4, -0.2) is 44.0 Å². The second kappa shape index (κ2) is 8.74. The molecule has 1 N–H and O–H groups in total. The molecule has 0 aromatic heterocycles. The zero-order valence-electron chi connectivity index (χ0n) is 15.5. The Morgan fingerprint density at radius 3 is 2.36 bits per heavy atom. The van der Waals surface area contributed by atoms with Crippen molar-refractivity contribution < 1.29 is 19.1 Å². The van der Waals surface area contributed by atoms with E-state index in [0.29, 0.717) is 23.6 Å². The van der Waals surface area contributed by atoms with Crippen molar-refractivity contribution in [2.24, 2.45) is 11.8 Å². The SMILES string of the molecule is CCCN(CCC)C(=O)C1CC1C(=O)Nc1cc(OC)ccc1OC. The zero-order valence-corrected chi connectivity index (χ0v) is 15.5. The number of ether oxygens (including phenoxy) is 2. The van der Waals surface area contributed by atoms with Crippen LogP contribution in [0, 0.1) is 11.8 Å². The smallest absolute Gasteiger partial charge is 0.228 e. The van der Waals surface area contributed by atoms with Crippen molar-refractivity contribution in [1.82, 2.24) is 4.90 Å². The van der Waals surface area contributed by atoms with Crippen LogP contribution in [0.1, 0.15) is 33.1 Å². The molecule has 1 aliphatic rings. The topological polar surface area (TPSA) is 67.9 Å². The molecule has 0 aliphatic heterocycles. The lowest BCUT2D eigenvalue weighted by Gasteiger charge is -2.21. The summed E-state index contributed by atoms with van der Waals surface area (Å²) in [6, 6.07) is 5.23. The largest absolute Gasteiger partial charge is 0.497 e. The van der Waals surface area contributed by atoms with Crippen molar-refractivity contribution >= 4 is 17.5 Å². The molecule has 6 nitrogen and oxygen atoms in total. The fourth-order valence-corrected chi connectivity index (χ4v) is 3.00. The molecular weight excluding hydrogens is 320 g/mol. The molecule has 2 unspecified atom stereocenters. The summed E-state index contributed by atoms with van der Waals surface area (Å²) in [6.07, 6.45) is 2.47. The molecule has 6 heteroatoms. The minimum absolute atomic E-state index is 0.0986. The summed E-state index contributed by atoms with van der Waals surface area (Å²) in [5.74, 6) is 0.696. The molecule has 25 heavy (non-hydrogen) atoms. The van der Waals surface area contributed by atoms with Gasteiger partial charge in [0.1, 0.15) is 11.5 Å². The average molecular weight is 348 g/mol. The van der Waals surface area contributed by atoms with Crippen molar-refractivity contribution in [3.05, 3.63) is 18.2 Å². The van der Waals surface area contributed by atoms with Crippen LogP contribution < -0.4 is 14.8 Å². The number of carbonyl (C=O) groups is 2. The van der Waals surface area contributed by atoms with Gasteiger partial charge < -0.3 is 19.7 Å². The molecule has 0 heterocycles. The quantitative estimate of drug-likeness (QED) is 0.745. The molecule has 1 aromatic rings. The Bertz CT molecular complexity index is 611. The molecule has 0 spiro atoms. The Morgan fingerprint density at radius 1 is 1.12 bits per heavy atom. The molecular formula is C19H28N2O4. The molecule has 2 amide bonds. The third-order valence-corrected chi connectivity index (χ3v) is 4.41. The monoisotopic (exact) mass is 348 g/mol. The third kappa shape index (κ3) is 4.65. The minimum atomic E-state index is -0.264. The highest BCUT2D eigenvalue weighted by molar-refractivity contribution is 6.00. The highest BCUT2D eigenvalue weighted by Crippen LogP contribution is 2.41. The Balaban J connectivity index is 2.00. The van der Waals surface area contributed by atoms with Gasteiger partial charge in [0.05, 0.1) is 31.7 Å². The number of hydrogen-bond donors (Lipinski definition) is 1. The first-order valence-electron chi connectivity index (χ1n) is 8.87. The zero-order chi connectivity index (χ0) is 18.4. The predicted octanol–water partition coefficient (Wildman–Crippen LogP) is 2.93. The fraction of sp³-hybridized carbons (Fsp3) is 0.579. The van der Waals surface area contributed by atoms with E-state index in [2.05, 4.69) is 19.2 Å². The highest BCUT2D eigenvalue weighted by Gasteiger charge is 2.49. The summed E-state index contributed by atoms with van der Waals surface area (Å²) >= 11 is 0. The third-order valence-electron chi connectivity index (χ3n) is 4.41. The first kappa shape index (κ1) is 19.1. The van der Waals surface area contributed by atoms with Crippen molar-refractivity contribution in [2.45, 2.75) is 33.1 Å². The Morgan fingerprint density at radius 2 is 1.80 bits per heavy atom. The lowest BCUT2D eigenvalue weighted by molar-refractivity contribution is -0.134. The molecule has 0 radical (unpaired) electrons. The van der Waals surface area contributed by atoms with Crippen LogP contribution in [0.15, 0.2) is 18.2 Å². The van der Waals surface area contributed by atoms with Crippen molar-refractivity contribution in [3.63, 3.8) is 0 Å². The predicted molar refractivity (Wildman–Crippen MR) is 96.9 cm³/mol. The van der Waals surface area contributed by atoms with Crippen molar-refractivity contribution in [2.75, 3.05) is 32.6 Å². The van der Waals surface area contributed by atoms with E-state index in [1.807, 2.05) is 4.90 Å². The maximum Gasteiger partial charge on any atom is 0.228 e. The number of methoxy groups -OCH3 is 2. The number of amides is 2. The van der Waals surface area contributed by atoms with E-state index in [1.54, 1.807) is 32.4 Å². The fourth-order valence-electron chi connectivity index (χ4n) is 3.00. The number of anilines is 1. The van der Waals surface area contributed by atoms with Gasteiger partial charge in [0.25, 0.3) is 0 Å². The first-order valence-corrected chi connectivity index (χ1v) is 8.87. The van der Waals surface area contributed by atoms with Gasteiger partial charge in [-0.05, 0) is 31.4 Å². The number of hydrogen-bond acceptors (Lipinski definition) is 4. The first-order chi connectivity index (χ1) is 12.0. The summed E-state index contributed by atoms with van der Waals surface area (Å²) < 4.78 is 10.5. The molecule has 2 atom stereocenters. The summed E-state index contributed by atoms with van der Waals surface area (Å²) in [4.78, 5) is 27.0. The van der Waals surface area contributed by atoms with Crippen molar-refractivity contribution in [1.29, 1.82) is 0 Å². The van der Waals surface area contributed by atoms with Crippen LogP contribution in [-0.2, 0) is 9.59 Å². The molecule has 0 bridgehead atoms. The van der Waals surface area contributed by atoms with Crippen LogP contribution in [0.3, 0.4) is 0 Å². The second-order valence-corrected chi connectivity index (χ2v) is 6.33. The van der Waals surface area contributed by atoms with E-state index >= 15 is 0 Å². The number of benzene rings is 1. The maximum atomic E-state index is 12.6. The van der Waals surface area contributed by atoms with Gasteiger partial charge in [-0.25, -0.2) is 0 Å². The number of nitrogens with zero attached hydrogens (tertiary/aromatic N) is 1. The normalized spacial score (nSPS) is 18.4. The van der Waals surface area contributed by atoms with Crippen LogP contribution >= 0.6 is 0 Å². The molecule has 1 aromatic carbocycles. The molecule has 1 fully saturated rings. The van der Waals surface area contributed by atoms with Crippen molar-refractivity contribution in [3.8, 4) is 11.5 Å². The van der Waals surface area contributed by atoms with Crippen LogP contribution in [0.5, 0.6) is 11.5 Å². The van der Waals surface area contributed by atoms with Gasteiger partial charge in [0, 0.05) is 19.2 Å². The van der Waals surface area contributed by atoms with Gasteiger partial charge in [0.15, 0.2) is 0 Å². The maximum absolute atomic E-state index is 12.6. The lowest BCUT2D eigenvalue weighted by atomic mass is 10.2. The van der Waals surface area contributed by atoms with Gasteiger partial charge in [-0.15, -0.1) is 0 Å². The summed E-state index contributed by atoms with van der Waals surface area (Å²) in [5, 5.41) is 2.87. The van der Waals surface area contributed by atoms with E-state index in [0.717, 1.165) is 25.9 Å². The van der Waals surface area contributed by atoms with E-state index in [9.17, 15) is 9.59 Å². The number of carbonyl (C=O) groups excluding carboxylic acids is 2. The second-order valence-electron chi connectivity index (χ2n) is 6.33. The highest BCUT2D eigenvalue weighted by atomic mass is 16.5. The van der Waals surface area contributed by atoms with Crippen LogP contribution in [0.4, 0.5) is 5.69 Å². The average Bonchev–Trinajstić information content (AvgIpc) is 3.41. The minimum Gasteiger partial charge on any atom is -0.497 e. The Labute approximate surface area is 149 Å². The summed E-state index contributed by atoms with van der Waals surface area (Å²) in [5.41, 5.74) is 0.559. The summed E-state index contributed by atoms with van der Waals surface area (Å²) in [7, 11) is 3.12. The molecule has 1 saturated carbocycles. The molecule has 0 saturated heterocycles. The van der Waals surface area contributed by atoms with E-state index in [-0.39, 0.29) is 23.7 Å². The van der Waals surface area contributed by atoms with E-state index in [1.165, 1.54) is 0 Å². The number of rotatable bonds is 9.